The molecule has 0 saturated carbocycles. The quantitative estimate of drug-likeness (QED) is 0.232. The summed E-state index contributed by atoms with van der Waals surface area (Å²) in [6, 6.07) is 18.7. The first-order valence-corrected chi connectivity index (χ1v) is 12.4. The SMILES string of the molecule is COc1ccc(-c2c(-c3ccccc3)oc(C)c2CNC(C)CCCCC(=O)OC(C)(C)C)cc1. The molecule has 0 aliphatic rings. The minimum Gasteiger partial charge on any atom is -0.497 e. The lowest BCUT2D eigenvalue weighted by atomic mass is 9.96. The van der Waals surface area contributed by atoms with Crippen molar-refractivity contribution in [3.8, 4) is 28.2 Å². The second-order valence-corrected chi connectivity index (χ2v) is 10.0. The summed E-state index contributed by atoms with van der Waals surface area (Å²) in [5.41, 5.74) is 4.01. The van der Waals surface area contributed by atoms with E-state index < -0.39 is 5.60 Å². The first kappa shape index (κ1) is 26.6. The summed E-state index contributed by atoms with van der Waals surface area (Å²) in [5, 5.41) is 3.66. The molecule has 5 nitrogen and oxygen atoms in total. The van der Waals surface area contributed by atoms with Crippen LogP contribution in [0, 0.1) is 6.92 Å². The summed E-state index contributed by atoms with van der Waals surface area (Å²) >= 11 is 0. The Balaban J connectivity index is 1.68. The summed E-state index contributed by atoms with van der Waals surface area (Å²) in [5.74, 6) is 2.51. The summed E-state index contributed by atoms with van der Waals surface area (Å²) < 4.78 is 17.1. The molecule has 0 saturated heterocycles. The number of unbranched alkanes of at least 4 members (excludes halogenated alkanes) is 1. The number of ether oxygens (including phenoxy) is 2. The van der Waals surface area contributed by atoms with Crippen LogP contribution in [0.2, 0.25) is 0 Å². The molecule has 3 aromatic rings. The highest BCUT2D eigenvalue weighted by Gasteiger charge is 2.21. The fourth-order valence-corrected chi connectivity index (χ4v) is 4.14. The molecule has 1 atom stereocenters. The van der Waals surface area contributed by atoms with Crippen LogP contribution in [-0.4, -0.2) is 24.7 Å². The first-order valence-electron chi connectivity index (χ1n) is 12.4. The third kappa shape index (κ3) is 7.72. The molecule has 3 rings (SSSR count). The Morgan fingerprint density at radius 2 is 1.69 bits per heavy atom. The number of rotatable bonds is 11. The first-order chi connectivity index (χ1) is 16.7. The van der Waals surface area contributed by atoms with E-state index in [1.807, 2.05) is 58.0 Å². The number of methoxy groups -OCH3 is 1. The van der Waals surface area contributed by atoms with Gasteiger partial charge in [0.05, 0.1) is 7.11 Å². The molecule has 188 valence electrons. The zero-order valence-electron chi connectivity index (χ0n) is 21.9. The van der Waals surface area contributed by atoms with E-state index in [4.69, 9.17) is 13.9 Å². The molecule has 0 amide bonds. The number of benzene rings is 2. The molecule has 5 heteroatoms. The van der Waals surface area contributed by atoms with Crippen molar-refractivity contribution in [1.29, 1.82) is 0 Å². The van der Waals surface area contributed by atoms with Crippen LogP contribution in [0.5, 0.6) is 5.75 Å². The summed E-state index contributed by atoms with van der Waals surface area (Å²) in [4.78, 5) is 11.9. The third-order valence-electron chi connectivity index (χ3n) is 5.94. The predicted octanol–water partition coefficient (Wildman–Crippen LogP) is 7.31. The van der Waals surface area contributed by atoms with Gasteiger partial charge in [-0.3, -0.25) is 4.79 Å². The van der Waals surface area contributed by atoms with Gasteiger partial charge in [0, 0.05) is 35.7 Å². The zero-order chi connectivity index (χ0) is 25.4. The van der Waals surface area contributed by atoms with Gasteiger partial charge >= 0.3 is 5.97 Å². The maximum Gasteiger partial charge on any atom is 0.306 e. The van der Waals surface area contributed by atoms with Crippen LogP contribution < -0.4 is 10.1 Å². The van der Waals surface area contributed by atoms with Gasteiger partial charge in [-0.15, -0.1) is 0 Å². The Morgan fingerprint density at radius 3 is 2.31 bits per heavy atom. The van der Waals surface area contributed by atoms with Crippen LogP contribution in [-0.2, 0) is 16.1 Å². The second kappa shape index (κ2) is 12.1. The van der Waals surface area contributed by atoms with Crippen molar-refractivity contribution in [2.45, 2.75) is 78.5 Å². The van der Waals surface area contributed by atoms with Gasteiger partial charge < -0.3 is 19.2 Å². The number of aryl methyl sites for hydroxylation is 1. The fraction of sp³-hybridized carbons (Fsp3) is 0.433. The largest absolute Gasteiger partial charge is 0.497 e. The summed E-state index contributed by atoms with van der Waals surface area (Å²) in [7, 11) is 1.68. The van der Waals surface area contributed by atoms with Crippen molar-refractivity contribution in [3.05, 3.63) is 65.9 Å². The Morgan fingerprint density at radius 1 is 1.00 bits per heavy atom. The van der Waals surface area contributed by atoms with E-state index in [1.165, 1.54) is 0 Å². The standard InChI is InChI=1S/C30H39NO4/c1-21(12-10-11-15-27(32)35-30(3,4)5)31-20-26-22(2)34-29(24-13-8-7-9-14-24)28(26)23-16-18-25(33-6)19-17-23/h7-9,13-14,16-19,21,31H,10-12,15,20H2,1-6H3. The average molecular weight is 478 g/mol. The van der Waals surface area contributed by atoms with E-state index in [1.54, 1.807) is 7.11 Å². The summed E-state index contributed by atoms with van der Waals surface area (Å²) in [6.45, 7) is 10.6. The van der Waals surface area contributed by atoms with Crippen molar-refractivity contribution in [2.75, 3.05) is 7.11 Å². The van der Waals surface area contributed by atoms with Gasteiger partial charge in [-0.1, -0.05) is 48.9 Å². The highest BCUT2D eigenvalue weighted by Crippen LogP contribution is 2.39. The Hall–Kier alpha value is -3.05. The minimum atomic E-state index is -0.422. The number of esters is 1. The number of nitrogens with one attached hydrogen (secondary N) is 1. The fourth-order valence-electron chi connectivity index (χ4n) is 4.14. The second-order valence-electron chi connectivity index (χ2n) is 10.0. The third-order valence-corrected chi connectivity index (χ3v) is 5.94. The normalized spacial score (nSPS) is 12.4. The zero-order valence-corrected chi connectivity index (χ0v) is 21.9. The van der Waals surface area contributed by atoms with Gasteiger partial charge in [0.2, 0.25) is 0 Å². The molecule has 0 fully saturated rings. The van der Waals surface area contributed by atoms with Crippen LogP contribution in [0.1, 0.15) is 64.7 Å². The molecule has 0 spiro atoms. The smallest absolute Gasteiger partial charge is 0.306 e. The van der Waals surface area contributed by atoms with E-state index in [9.17, 15) is 4.79 Å². The number of carbonyl (C=O) groups is 1. The number of furan rings is 1. The van der Waals surface area contributed by atoms with Crippen LogP contribution in [0.3, 0.4) is 0 Å². The summed E-state index contributed by atoms with van der Waals surface area (Å²) in [6.07, 6.45) is 3.26. The van der Waals surface area contributed by atoms with E-state index in [2.05, 4.69) is 36.5 Å². The van der Waals surface area contributed by atoms with Crippen LogP contribution in [0.15, 0.2) is 59.0 Å². The number of hydrogen-bond donors (Lipinski definition) is 1. The molecule has 0 bridgehead atoms. The van der Waals surface area contributed by atoms with Crippen LogP contribution in [0.4, 0.5) is 0 Å². The Kier molecular flexibility index (Phi) is 9.16. The Bertz CT molecular complexity index is 1080. The van der Waals surface area contributed by atoms with Gasteiger partial charge in [0.1, 0.15) is 22.9 Å². The minimum absolute atomic E-state index is 0.121. The lowest BCUT2D eigenvalue weighted by Gasteiger charge is -2.19. The number of hydrogen-bond acceptors (Lipinski definition) is 5. The Labute approximate surface area is 209 Å². The average Bonchev–Trinajstić information content (AvgIpc) is 3.16. The monoisotopic (exact) mass is 477 g/mol. The lowest BCUT2D eigenvalue weighted by Crippen LogP contribution is -2.26. The maximum atomic E-state index is 11.9. The highest BCUT2D eigenvalue weighted by molar-refractivity contribution is 5.83. The van der Waals surface area contributed by atoms with Crippen molar-refractivity contribution in [3.63, 3.8) is 0 Å². The highest BCUT2D eigenvalue weighted by atomic mass is 16.6. The molecule has 35 heavy (non-hydrogen) atoms. The van der Waals surface area contributed by atoms with Gasteiger partial charge in [-0.25, -0.2) is 0 Å². The van der Waals surface area contributed by atoms with Crippen molar-refractivity contribution < 1.29 is 18.7 Å². The number of carbonyl (C=O) groups excluding carboxylic acids is 1. The van der Waals surface area contributed by atoms with Gasteiger partial charge in [-0.05, 0) is 65.2 Å². The van der Waals surface area contributed by atoms with Crippen molar-refractivity contribution in [2.24, 2.45) is 0 Å². The van der Waals surface area contributed by atoms with E-state index in [0.717, 1.165) is 58.8 Å². The molecule has 1 unspecified atom stereocenters. The molecule has 1 N–H and O–H groups in total. The maximum absolute atomic E-state index is 11.9. The van der Waals surface area contributed by atoms with E-state index >= 15 is 0 Å². The molecule has 2 aromatic carbocycles. The van der Waals surface area contributed by atoms with Gasteiger partial charge in [-0.2, -0.15) is 0 Å². The van der Waals surface area contributed by atoms with Crippen LogP contribution >= 0.6 is 0 Å². The van der Waals surface area contributed by atoms with E-state index in [0.29, 0.717) is 19.0 Å². The molecular weight excluding hydrogens is 438 g/mol. The van der Waals surface area contributed by atoms with Gasteiger partial charge in [0.15, 0.2) is 0 Å². The van der Waals surface area contributed by atoms with Crippen LogP contribution in [0.25, 0.3) is 22.5 Å². The predicted molar refractivity (Wildman–Crippen MR) is 141 cm³/mol. The molecular formula is C30H39NO4. The van der Waals surface area contributed by atoms with Crippen molar-refractivity contribution in [1.82, 2.24) is 5.32 Å². The van der Waals surface area contributed by atoms with E-state index in [-0.39, 0.29) is 5.97 Å². The molecule has 0 aliphatic carbocycles. The molecule has 1 aromatic heterocycles. The molecule has 0 radical (unpaired) electrons. The molecule has 0 aliphatic heterocycles. The topological polar surface area (TPSA) is 60.7 Å². The van der Waals surface area contributed by atoms with Gasteiger partial charge in [0.25, 0.3) is 0 Å². The lowest BCUT2D eigenvalue weighted by molar-refractivity contribution is -0.154. The van der Waals surface area contributed by atoms with Crippen molar-refractivity contribution >= 4 is 5.97 Å². The molecule has 1 heterocycles.